The highest BCUT2D eigenvalue weighted by Crippen LogP contribution is 2.26. The van der Waals surface area contributed by atoms with Crippen molar-refractivity contribution in [2.75, 3.05) is 24.2 Å². The van der Waals surface area contributed by atoms with Crippen LogP contribution in [0.3, 0.4) is 0 Å². The van der Waals surface area contributed by atoms with Gasteiger partial charge < -0.3 is 11.1 Å². The van der Waals surface area contributed by atoms with Gasteiger partial charge in [0.25, 0.3) is 5.91 Å². The molecule has 0 radical (unpaired) electrons. The molecule has 3 aromatic rings. The van der Waals surface area contributed by atoms with Crippen LogP contribution < -0.4 is 11.1 Å². The van der Waals surface area contributed by atoms with Crippen LogP contribution in [0.2, 0.25) is 0 Å². The number of primary amides is 1. The van der Waals surface area contributed by atoms with E-state index in [0.29, 0.717) is 16.7 Å². The minimum Gasteiger partial charge on any atom is -0.366 e. The van der Waals surface area contributed by atoms with Crippen molar-refractivity contribution in [1.29, 1.82) is 0 Å². The molecule has 0 bridgehead atoms. The van der Waals surface area contributed by atoms with E-state index in [1.807, 2.05) is 4.57 Å². The van der Waals surface area contributed by atoms with Crippen molar-refractivity contribution in [1.82, 2.24) is 19.7 Å². The van der Waals surface area contributed by atoms with Crippen LogP contribution in [0.1, 0.15) is 35.4 Å². The van der Waals surface area contributed by atoms with Crippen LogP contribution in [-0.2, 0) is 11.3 Å². The minimum absolute atomic E-state index is 0.0686. The summed E-state index contributed by atoms with van der Waals surface area (Å²) in [5.41, 5.74) is 6.35. The quantitative estimate of drug-likeness (QED) is 0.486. The van der Waals surface area contributed by atoms with Crippen molar-refractivity contribution in [2.45, 2.75) is 31.0 Å². The second kappa shape index (κ2) is 10.2. The van der Waals surface area contributed by atoms with E-state index < -0.39 is 5.91 Å². The van der Waals surface area contributed by atoms with E-state index in [2.05, 4.69) is 20.4 Å². The molecule has 1 saturated heterocycles. The van der Waals surface area contributed by atoms with Crippen LogP contribution in [0.15, 0.2) is 40.9 Å². The van der Waals surface area contributed by atoms with Gasteiger partial charge in [0.15, 0.2) is 11.0 Å². The van der Waals surface area contributed by atoms with Gasteiger partial charge in [-0.1, -0.05) is 18.2 Å². The van der Waals surface area contributed by atoms with Crippen LogP contribution in [0.25, 0.3) is 5.69 Å². The molecule has 2 amide bonds. The Hall–Kier alpha value is -2.76. The number of benzene rings is 1. The molecule has 0 aliphatic carbocycles. The number of nitrogens with zero attached hydrogens (tertiary/aromatic N) is 4. The highest BCUT2D eigenvalue weighted by atomic mass is 32.2. The molecule has 2 aromatic heterocycles. The highest BCUT2D eigenvalue weighted by Gasteiger charge is 2.20. The maximum absolute atomic E-state index is 13.5. The number of hydrogen-bond donors (Lipinski definition) is 2. The van der Waals surface area contributed by atoms with Crippen LogP contribution in [0.5, 0.6) is 0 Å². The fraction of sp³-hybridized carbons (Fsp3) is 0.333. The van der Waals surface area contributed by atoms with E-state index in [1.165, 1.54) is 41.7 Å². The van der Waals surface area contributed by atoms with E-state index in [9.17, 15) is 14.0 Å². The Bertz CT molecular complexity index is 1090. The third-order valence-corrected chi connectivity index (χ3v) is 6.87. The second-order valence-corrected chi connectivity index (χ2v) is 9.27. The zero-order chi connectivity index (χ0) is 22.5. The number of thiophene rings is 1. The van der Waals surface area contributed by atoms with Crippen LogP contribution in [0.4, 0.5) is 9.39 Å². The molecule has 1 aromatic carbocycles. The first-order valence-corrected chi connectivity index (χ1v) is 12.1. The number of rotatable bonds is 8. The average Bonchev–Trinajstić information content (AvgIpc) is 3.41. The summed E-state index contributed by atoms with van der Waals surface area (Å²) >= 11 is 2.46. The van der Waals surface area contributed by atoms with Gasteiger partial charge in [-0.3, -0.25) is 19.1 Å². The summed E-state index contributed by atoms with van der Waals surface area (Å²) in [6, 6.07) is 7.71. The molecule has 3 N–H and O–H groups in total. The lowest BCUT2D eigenvalue weighted by Gasteiger charge is -2.26. The summed E-state index contributed by atoms with van der Waals surface area (Å²) in [4.78, 5) is 26.3. The van der Waals surface area contributed by atoms with Crippen molar-refractivity contribution in [3.63, 3.8) is 0 Å². The van der Waals surface area contributed by atoms with Gasteiger partial charge in [0.2, 0.25) is 5.91 Å². The fourth-order valence-corrected chi connectivity index (χ4v) is 5.14. The number of anilines is 1. The van der Waals surface area contributed by atoms with Gasteiger partial charge in [-0.25, -0.2) is 4.39 Å². The number of amides is 2. The SMILES string of the molecule is NC(=O)c1ccsc1NC(=O)CSc1nnc(CN2CCCCC2)n1-c1ccc(F)cc1. The molecule has 3 heterocycles. The molecular formula is C21H23FN6O2S2. The van der Waals surface area contributed by atoms with Gasteiger partial charge in [-0.2, -0.15) is 0 Å². The van der Waals surface area contributed by atoms with Gasteiger partial charge in [-0.15, -0.1) is 21.5 Å². The Balaban J connectivity index is 1.51. The molecule has 168 valence electrons. The molecule has 32 heavy (non-hydrogen) atoms. The van der Waals surface area contributed by atoms with Crippen LogP contribution in [0, 0.1) is 5.82 Å². The Morgan fingerprint density at radius 3 is 2.59 bits per heavy atom. The molecule has 1 fully saturated rings. The number of aromatic nitrogens is 3. The normalized spacial score (nSPS) is 14.4. The van der Waals surface area contributed by atoms with Crippen molar-refractivity contribution < 1.29 is 14.0 Å². The first-order valence-electron chi connectivity index (χ1n) is 10.2. The average molecular weight is 475 g/mol. The summed E-state index contributed by atoms with van der Waals surface area (Å²) in [7, 11) is 0. The third kappa shape index (κ3) is 5.34. The number of nitrogens with one attached hydrogen (secondary N) is 1. The van der Waals surface area contributed by atoms with Crippen molar-refractivity contribution in [2.24, 2.45) is 5.73 Å². The van der Waals surface area contributed by atoms with E-state index >= 15 is 0 Å². The van der Waals surface area contributed by atoms with Gasteiger partial charge in [-0.05, 0) is 61.6 Å². The molecule has 4 rings (SSSR count). The maximum atomic E-state index is 13.5. The lowest BCUT2D eigenvalue weighted by atomic mass is 10.1. The number of likely N-dealkylation sites (tertiary alicyclic amines) is 1. The number of carbonyl (C=O) groups is 2. The summed E-state index contributed by atoms with van der Waals surface area (Å²) < 4.78 is 15.4. The molecule has 0 spiro atoms. The fourth-order valence-electron chi connectivity index (χ4n) is 3.56. The van der Waals surface area contributed by atoms with Crippen LogP contribution >= 0.6 is 23.1 Å². The van der Waals surface area contributed by atoms with Gasteiger partial charge in [0.05, 0.1) is 17.9 Å². The summed E-state index contributed by atoms with van der Waals surface area (Å²) in [5, 5.41) is 14.1. The monoisotopic (exact) mass is 474 g/mol. The molecule has 1 aliphatic heterocycles. The Labute approximate surface area is 193 Å². The Morgan fingerprint density at radius 1 is 1.12 bits per heavy atom. The molecule has 11 heteroatoms. The van der Waals surface area contributed by atoms with E-state index in [-0.39, 0.29) is 23.0 Å². The molecule has 1 aliphatic rings. The van der Waals surface area contributed by atoms with Crippen molar-refractivity contribution in [3.05, 3.63) is 52.9 Å². The van der Waals surface area contributed by atoms with Gasteiger partial charge in [0, 0.05) is 5.69 Å². The molecule has 8 nitrogen and oxygen atoms in total. The number of nitrogens with two attached hydrogens (primary N) is 1. The largest absolute Gasteiger partial charge is 0.366 e. The Morgan fingerprint density at radius 2 is 1.88 bits per heavy atom. The predicted molar refractivity (Wildman–Crippen MR) is 123 cm³/mol. The van der Waals surface area contributed by atoms with Crippen LogP contribution in [-0.4, -0.2) is 50.3 Å². The number of halogens is 1. The third-order valence-electron chi connectivity index (χ3n) is 5.11. The maximum Gasteiger partial charge on any atom is 0.251 e. The lowest BCUT2D eigenvalue weighted by Crippen LogP contribution is -2.30. The molecule has 0 atom stereocenters. The van der Waals surface area contributed by atoms with Crippen molar-refractivity contribution in [3.8, 4) is 5.69 Å². The zero-order valence-corrected chi connectivity index (χ0v) is 18.9. The van der Waals surface area contributed by atoms with Gasteiger partial charge >= 0.3 is 0 Å². The lowest BCUT2D eigenvalue weighted by molar-refractivity contribution is -0.113. The topological polar surface area (TPSA) is 106 Å². The number of thioether (sulfide) groups is 1. The second-order valence-electron chi connectivity index (χ2n) is 7.41. The van der Waals surface area contributed by atoms with Gasteiger partial charge in [0.1, 0.15) is 10.8 Å². The molecular weight excluding hydrogens is 451 g/mol. The summed E-state index contributed by atoms with van der Waals surface area (Å²) in [6.07, 6.45) is 3.55. The number of carbonyl (C=O) groups excluding carboxylic acids is 2. The van der Waals surface area contributed by atoms with E-state index in [1.54, 1.807) is 23.6 Å². The number of piperidine rings is 1. The number of hydrogen-bond acceptors (Lipinski definition) is 7. The predicted octanol–water partition coefficient (Wildman–Crippen LogP) is 3.28. The van der Waals surface area contributed by atoms with E-state index in [0.717, 1.165) is 37.4 Å². The summed E-state index contributed by atoms with van der Waals surface area (Å²) in [6.45, 7) is 2.64. The molecule has 0 saturated carbocycles. The minimum atomic E-state index is -0.590. The molecule has 0 unspecified atom stereocenters. The standard InChI is InChI=1S/C21H23FN6O2S2/c22-14-4-6-15(7-5-14)28-17(12-27-9-2-1-3-10-27)25-26-21(28)32-13-18(29)24-20-16(19(23)30)8-11-31-20/h4-8,11H,1-3,9-10,12-13H2,(H2,23,30)(H,24,29). The first kappa shape index (κ1) is 22.4. The highest BCUT2D eigenvalue weighted by molar-refractivity contribution is 7.99. The first-order chi connectivity index (χ1) is 15.5. The summed E-state index contributed by atoms with van der Waals surface area (Å²) in [5.74, 6) is -0.386. The van der Waals surface area contributed by atoms with E-state index in [4.69, 9.17) is 5.73 Å². The Kier molecular flexibility index (Phi) is 7.18. The zero-order valence-electron chi connectivity index (χ0n) is 17.3. The van der Waals surface area contributed by atoms with Crippen molar-refractivity contribution >= 4 is 39.9 Å². The smallest absolute Gasteiger partial charge is 0.251 e.